The number of nitrogen functional groups attached to an aromatic ring is 1. The minimum atomic E-state index is -3.91. The van der Waals surface area contributed by atoms with Crippen LogP contribution < -0.4 is 10.5 Å². The largest absolute Gasteiger partial charge is 0.396 e. The van der Waals surface area contributed by atoms with Gasteiger partial charge in [-0.3, -0.25) is 4.72 Å². The highest BCUT2D eigenvalue weighted by Crippen LogP contribution is 2.22. The van der Waals surface area contributed by atoms with Crippen molar-refractivity contribution in [1.82, 2.24) is 4.98 Å². The molecule has 1 heterocycles. The quantitative estimate of drug-likeness (QED) is 0.825. The summed E-state index contributed by atoms with van der Waals surface area (Å²) < 4.78 is 40.6. The standard InChI is InChI=1S/C12H11BrFN3O2S/c1-7-4-8(13)6-16-12(7)17-20(18,19)9-2-3-11(15)10(14)5-9/h2-6H,15H2,1H3,(H,16,17). The second-order valence-electron chi connectivity index (χ2n) is 4.11. The predicted octanol–water partition coefficient (Wildman–Crippen LogP) is 2.67. The summed E-state index contributed by atoms with van der Waals surface area (Å²) in [5.41, 5.74) is 5.85. The number of nitrogens with two attached hydrogens (primary N) is 1. The van der Waals surface area contributed by atoms with Gasteiger partial charge in [0.15, 0.2) is 0 Å². The fraction of sp³-hybridized carbons (Fsp3) is 0.0833. The van der Waals surface area contributed by atoms with Gasteiger partial charge in [-0.05, 0) is 52.7 Å². The minimum absolute atomic E-state index is 0.109. The number of rotatable bonds is 3. The molecular weight excluding hydrogens is 349 g/mol. The van der Waals surface area contributed by atoms with Crippen LogP contribution >= 0.6 is 15.9 Å². The highest BCUT2D eigenvalue weighted by molar-refractivity contribution is 9.10. The van der Waals surface area contributed by atoms with E-state index in [0.717, 1.165) is 10.5 Å². The maximum absolute atomic E-state index is 13.3. The molecule has 0 bridgehead atoms. The third kappa shape index (κ3) is 3.07. The minimum Gasteiger partial charge on any atom is -0.396 e. The average Bonchev–Trinajstić information content (AvgIpc) is 2.36. The van der Waals surface area contributed by atoms with E-state index in [9.17, 15) is 12.8 Å². The van der Waals surface area contributed by atoms with Crippen molar-refractivity contribution in [2.75, 3.05) is 10.5 Å². The number of nitrogens with one attached hydrogen (secondary N) is 1. The Kier molecular flexibility index (Phi) is 3.96. The van der Waals surface area contributed by atoms with Gasteiger partial charge in [-0.1, -0.05) is 0 Å². The molecule has 0 aliphatic heterocycles. The van der Waals surface area contributed by atoms with Gasteiger partial charge in [0.2, 0.25) is 0 Å². The van der Waals surface area contributed by atoms with E-state index in [1.807, 2.05) is 0 Å². The van der Waals surface area contributed by atoms with E-state index in [1.165, 1.54) is 18.3 Å². The average molecular weight is 360 g/mol. The van der Waals surface area contributed by atoms with E-state index in [1.54, 1.807) is 13.0 Å². The lowest BCUT2D eigenvalue weighted by molar-refractivity contribution is 0.596. The van der Waals surface area contributed by atoms with Crippen LogP contribution in [0.2, 0.25) is 0 Å². The highest BCUT2D eigenvalue weighted by atomic mass is 79.9. The van der Waals surface area contributed by atoms with Crippen LogP contribution in [0.1, 0.15) is 5.56 Å². The second kappa shape index (κ2) is 5.37. The van der Waals surface area contributed by atoms with Crippen molar-refractivity contribution in [2.45, 2.75) is 11.8 Å². The molecule has 0 amide bonds. The number of hydrogen-bond acceptors (Lipinski definition) is 4. The summed E-state index contributed by atoms with van der Waals surface area (Å²) in [4.78, 5) is 3.76. The van der Waals surface area contributed by atoms with Crippen LogP contribution in [0.4, 0.5) is 15.9 Å². The Bertz CT molecular complexity index is 765. The molecule has 1 aromatic carbocycles. The second-order valence-corrected chi connectivity index (χ2v) is 6.71. The van der Waals surface area contributed by atoms with Crippen LogP contribution in [-0.4, -0.2) is 13.4 Å². The van der Waals surface area contributed by atoms with Crippen molar-refractivity contribution in [3.8, 4) is 0 Å². The van der Waals surface area contributed by atoms with Crippen molar-refractivity contribution in [3.05, 3.63) is 46.3 Å². The lowest BCUT2D eigenvalue weighted by Crippen LogP contribution is -2.15. The third-order valence-electron chi connectivity index (χ3n) is 2.56. The molecule has 8 heteroatoms. The number of pyridine rings is 1. The van der Waals surface area contributed by atoms with Crippen LogP contribution in [0.5, 0.6) is 0 Å². The van der Waals surface area contributed by atoms with Gasteiger partial charge in [0, 0.05) is 10.7 Å². The summed E-state index contributed by atoms with van der Waals surface area (Å²) in [5, 5.41) is 0. The third-order valence-corrected chi connectivity index (χ3v) is 4.33. The van der Waals surface area contributed by atoms with Gasteiger partial charge >= 0.3 is 0 Å². The molecule has 20 heavy (non-hydrogen) atoms. The van der Waals surface area contributed by atoms with Gasteiger partial charge in [0.1, 0.15) is 11.6 Å². The van der Waals surface area contributed by atoms with Gasteiger partial charge in [0.05, 0.1) is 10.6 Å². The first kappa shape index (κ1) is 14.7. The number of halogens is 2. The maximum atomic E-state index is 13.3. The fourth-order valence-electron chi connectivity index (χ4n) is 1.51. The predicted molar refractivity (Wildman–Crippen MR) is 78.3 cm³/mol. The van der Waals surface area contributed by atoms with Crippen molar-refractivity contribution >= 4 is 37.5 Å². The van der Waals surface area contributed by atoms with Crippen molar-refractivity contribution in [1.29, 1.82) is 0 Å². The molecular formula is C12H11BrFN3O2S. The van der Waals surface area contributed by atoms with Gasteiger partial charge in [-0.15, -0.1) is 0 Å². The van der Waals surface area contributed by atoms with Crippen LogP contribution in [0.25, 0.3) is 0 Å². The number of nitrogens with zero attached hydrogens (tertiary/aromatic N) is 1. The Labute approximate surface area is 124 Å². The van der Waals surface area contributed by atoms with Gasteiger partial charge in [-0.25, -0.2) is 17.8 Å². The fourth-order valence-corrected chi connectivity index (χ4v) is 3.05. The molecule has 0 aliphatic rings. The van der Waals surface area contributed by atoms with E-state index in [0.29, 0.717) is 5.56 Å². The Morgan fingerprint density at radius 1 is 1.35 bits per heavy atom. The first-order chi connectivity index (χ1) is 9.29. The van der Waals surface area contributed by atoms with Crippen molar-refractivity contribution < 1.29 is 12.8 Å². The van der Waals surface area contributed by atoms with Crippen LogP contribution in [-0.2, 0) is 10.0 Å². The van der Waals surface area contributed by atoms with E-state index in [4.69, 9.17) is 5.73 Å². The number of sulfonamides is 1. The molecule has 0 atom stereocenters. The summed E-state index contributed by atoms with van der Waals surface area (Å²) >= 11 is 3.24. The zero-order valence-corrected chi connectivity index (χ0v) is 12.8. The van der Waals surface area contributed by atoms with E-state index in [2.05, 4.69) is 25.6 Å². The van der Waals surface area contributed by atoms with E-state index >= 15 is 0 Å². The Hall–Kier alpha value is -1.67. The summed E-state index contributed by atoms with van der Waals surface area (Å²) in [6.45, 7) is 1.71. The van der Waals surface area contributed by atoms with Crippen LogP contribution in [0.3, 0.4) is 0 Å². The highest BCUT2D eigenvalue weighted by Gasteiger charge is 2.17. The topological polar surface area (TPSA) is 85.1 Å². The number of aromatic nitrogens is 1. The first-order valence-electron chi connectivity index (χ1n) is 5.49. The zero-order chi connectivity index (χ0) is 14.9. The molecule has 5 nitrogen and oxygen atoms in total. The van der Waals surface area contributed by atoms with Gasteiger partial charge in [-0.2, -0.15) is 0 Å². The van der Waals surface area contributed by atoms with Crippen LogP contribution in [0.15, 0.2) is 39.8 Å². The number of hydrogen-bond donors (Lipinski definition) is 2. The molecule has 3 N–H and O–H groups in total. The van der Waals surface area contributed by atoms with Gasteiger partial charge < -0.3 is 5.73 Å². The Morgan fingerprint density at radius 2 is 2.05 bits per heavy atom. The molecule has 0 unspecified atom stereocenters. The van der Waals surface area contributed by atoms with Gasteiger partial charge in [0.25, 0.3) is 10.0 Å². The Balaban J connectivity index is 2.38. The number of aryl methyl sites for hydroxylation is 1. The molecule has 1 aromatic heterocycles. The maximum Gasteiger partial charge on any atom is 0.263 e. The molecule has 0 saturated heterocycles. The smallest absolute Gasteiger partial charge is 0.263 e. The van der Waals surface area contributed by atoms with Crippen LogP contribution in [0, 0.1) is 12.7 Å². The first-order valence-corrected chi connectivity index (χ1v) is 7.77. The zero-order valence-electron chi connectivity index (χ0n) is 10.4. The molecule has 0 radical (unpaired) electrons. The summed E-state index contributed by atoms with van der Waals surface area (Å²) in [5.74, 6) is -0.598. The molecule has 106 valence electrons. The molecule has 0 fully saturated rings. The van der Waals surface area contributed by atoms with Crippen molar-refractivity contribution in [2.24, 2.45) is 0 Å². The van der Waals surface area contributed by atoms with Crippen molar-refractivity contribution in [3.63, 3.8) is 0 Å². The molecule has 0 spiro atoms. The Morgan fingerprint density at radius 3 is 2.65 bits per heavy atom. The molecule has 0 aliphatic carbocycles. The molecule has 0 saturated carbocycles. The van der Waals surface area contributed by atoms with E-state index < -0.39 is 15.8 Å². The molecule has 2 rings (SSSR count). The lowest BCUT2D eigenvalue weighted by Gasteiger charge is -2.10. The summed E-state index contributed by atoms with van der Waals surface area (Å²) in [7, 11) is -3.91. The lowest BCUT2D eigenvalue weighted by atomic mass is 10.3. The molecule has 2 aromatic rings. The SMILES string of the molecule is Cc1cc(Br)cnc1NS(=O)(=O)c1ccc(N)c(F)c1. The normalized spacial score (nSPS) is 11.3. The summed E-state index contributed by atoms with van der Waals surface area (Å²) in [6, 6.07) is 5.01. The number of benzene rings is 1. The van der Waals surface area contributed by atoms with E-state index in [-0.39, 0.29) is 16.4 Å². The summed E-state index contributed by atoms with van der Waals surface area (Å²) in [6.07, 6.45) is 1.47. The number of anilines is 2. The monoisotopic (exact) mass is 359 g/mol.